The molecule has 0 radical (unpaired) electrons. The molecule has 0 bridgehead atoms. The van der Waals surface area contributed by atoms with Gasteiger partial charge in [-0.05, 0) is 13.8 Å². The van der Waals surface area contributed by atoms with E-state index in [1.165, 1.54) is 0 Å². The zero-order chi connectivity index (χ0) is 11.9. The summed E-state index contributed by atoms with van der Waals surface area (Å²) in [5.74, 6) is 0.845. The van der Waals surface area contributed by atoms with Crippen LogP contribution in [-0.4, -0.2) is 31.4 Å². The van der Waals surface area contributed by atoms with Gasteiger partial charge in [0.2, 0.25) is 0 Å². The van der Waals surface area contributed by atoms with Crippen molar-refractivity contribution >= 4 is 21.5 Å². The van der Waals surface area contributed by atoms with Crippen LogP contribution in [0.1, 0.15) is 9.75 Å². The van der Waals surface area contributed by atoms with E-state index in [9.17, 15) is 8.42 Å². The van der Waals surface area contributed by atoms with Crippen molar-refractivity contribution in [3.63, 3.8) is 0 Å². The molecule has 0 fully saturated rings. The van der Waals surface area contributed by atoms with Crippen molar-refractivity contribution in [1.29, 1.82) is 0 Å². The predicted molar refractivity (Wildman–Crippen MR) is 60.1 cm³/mol. The van der Waals surface area contributed by atoms with Gasteiger partial charge in [-0.2, -0.15) is 8.42 Å². The summed E-state index contributed by atoms with van der Waals surface area (Å²) in [6, 6.07) is 0. The Hall–Kier alpha value is -0.790. The van der Waals surface area contributed by atoms with Crippen LogP contribution in [0.25, 0.3) is 0 Å². The molecule has 0 amide bonds. The van der Waals surface area contributed by atoms with Crippen LogP contribution < -0.4 is 9.47 Å². The van der Waals surface area contributed by atoms with E-state index >= 15 is 0 Å². The van der Waals surface area contributed by atoms with Crippen LogP contribution >= 0.6 is 11.3 Å². The Morgan fingerprint density at radius 2 is 2.00 bits per heavy atom. The Bertz CT molecular complexity index is 502. The number of aryl methyl sites for hydroxylation is 2. The molecule has 90 valence electrons. The van der Waals surface area contributed by atoms with E-state index in [2.05, 4.69) is 0 Å². The number of hydrogen-bond donors (Lipinski definition) is 1. The quantitative estimate of drug-likeness (QED) is 0.817. The van der Waals surface area contributed by atoms with Crippen LogP contribution in [0.3, 0.4) is 0 Å². The minimum atomic E-state index is -4.03. The first kappa shape index (κ1) is 11.7. The summed E-state index contributed by atoms with van der Waals surface area (Å²) in [5.41, 5.74) is 0. The molecule has 1 aromatic heterocycles. The topological polar surface area (TPSA) is 72.8 Å². The average Bonchev–Trinajstić information content (AvgIpc) is 2.40. The summed E-state index contributed by atoms with van der Waals surface area (Å²) in [6.45, 7) is 3.95. The highest BCUT2D eigenvalue weighted by molar-refractivity contribution is 7.85. The highest BCUT2D eigenvalue weighted by atomic mass is 32.2. The number of hydrogen-bond acceptors (Lipinski definition) is 5. The average molecular weight is 264 g/mol. The third kappa shape index (κ3) is 2.31. The monoisotopic (exact) mass is 264 g/mol. The summed E-state index contributed by atoms with van der Waals surface area (Å²) >= 11 is 1.54. The SMILES string of the molecule is Cc1sc(C)c2c1OCC(CS(=O)(=O)O)O2. The lowest BCUT2D eigenvalue weighted by Gasteiger charge is -2.24. The Morgan fingerprint density at radius 1 is 1.38 bits per heavy atom. The molecule has 1 unspecified atom stereocenters. The van der Waals surface area contributed by atoms with Crippen molar-refractivity contribution in [2.75, 3.05) is 12.4 Å². The molecular weight excluding hydrogens is 252 g/mol. The molecule has 1 aromatic rings. The lowest BCUT2D eigenvalue weighted by molar-refractivity contribution is 0.105. The molecule has 16 heavy (non-hydrogen) atoms. The molecule has 0 aliphatic carbocycles. The Kier molecular flexibility index (Phi) is 2.85. The van der Waals surface area contributed by atoms with Gasteiger partial charge in [0.15, 0.2) is 11.5 Å². The molecule has 0 aromatic carbocycles. The molecule has 0 saturated carbocycles. The maximum absolute atomic E-state index is 10.7. The summed E-state index contributed by atoms with van der Waals surface area (Å²) in [5, 5.41) is 0. The molecule has 1 aliphatic heterocycles. The molecule has 2 heterocycles. The maximum atomic E-state index is 10.7. The van der Waals surface area contributed by atoms with Gasteiger partial charge < -0.3 is 9.47 Å². The van der Waals surface area contributed by atoms with E-state index < -0.39 is 22.0 Å². The number of ether oxygens (including phenoxy) is 2. The van der Waals surface area contributed by atoms with Crippen molar-refractivity contribution in [2.45, 2.75) is 20.0 Å². The molecular formula is C9H12O5S2. The van der Waals surface area contributed by atoms with Crippen molar-refractivity contribution in [3.05, 3.63) is 9.75 Å². The van der Waals surface area contributed by atoms with Gasteiger partial charge in [0, 0.05) is 9.75 Å². The first-order valence-corrected chi connectivity index (χ1v) is 7.14. The van der Waals surface area contributed by atoms with Gasteiger partial charge in [0.05, 0.1) is 0 Å². The second kappa shape index (κ2) is 3.90. The third-order valence-electron chi connectivity index (χ3n) is 2.25. The van der Waals surface area contributed by atoms with E-state index in [0.717, 1.165) is 9.75 Å². The smallest absolute Gasteiger partial charge is 0.268 e. The lowest BCUT2D eigenvalue weighted by Crippen LogP contribution is -2.35. The van der Waals surface area contributed by atoms with E-state index in [1.54, 1.807) is 11.3 Å². The second-order valence-corrected chi connectivity index (χ2v) is 6.60. The van der Waals surface area contributed by atoms with E-state index in [4.69, 9.17) is 14.0 Å². The minimum Gasteiger partial charge on any atom is -0.485 e. The third-order valence-corrected chi connectivity index (χ3v) is 4.02. The fourth-order valence-corrected chi connectivity index (χ4v) is 3.21. The van der Waals surface area contributed by atoms with Crippen LogP contribution in [0.15, 0.2) is 0 Å². The van der Waals surface area contributed by atoms with Crippen LogP contribution in [0.4, 0.5) is 0 Å². The van der Waals surface area contributed by atoms with Crippen LogP contribution in [-0.2, 0) is 10.1 Å². The highest BCUT2D eigenvalue weighted by Crippen LogP contribution is 2.43. The van der Waals surface area contributed by atoms with Crippen molar-refractivity contribution in [3.8, 4) is 11.5 Å². The zero-order valence-corrected chi connectivity index (χ0v) is 10.5. The Labute approximate surface area is 97.7 Å². The Morgan fingerprint density at radius 3 is 2.62 bits per heavy atom. The second-order valence-electron chi connectivity index (χ2n) is 3.67. The van der Waals surface area contributed by atoms with Gasteiger partial charge in [-0.3, -0.25) is 4.55 Å². The first-order chi connectivity index (χ1) is 7.37. The van der Waals surface area contributed by atoms with Crippen molar-refractivity contribution in [1.82, 2.24) is 0 Å². The summed E-state index contributed by atoms with van der Waals surface area (Å²) < 4.78 is 41.1. The number of thiophene rings is 1. The van der Waals surface area contributed by atoms with Crippen molar-refractivity contribution in [2.24, 2.45) is 0 Å². The predicted octanol–water partition coefficient (Wildman–Crippen LogP) is 1.39. The largest absolute Gasteiger partial charge is 0.485 e. The fourth-order valence-electron chi connectivity index (χ4n) is 1.64. The van der Waals surface area contributed by atoms with Gasteiger partial charge in [-0.25, -0.2) is 0 Å². The van der Waals surface area contributed by atoms with Gasteiger partial charge in [0.1, 0.15) is 18.5 Å². The van der Waals surface area contributed by atoms with Crippen molar-refractivity contribution < 1.29 is 22.4 Å². The van der Waals surface area contributed by atoms with Crippen LogP contribution in [0, 0.1) is 13.8 Å². The first-order valence-electron chi connectivity index (χ1n) is 4.71. The summed E-state index contributed by atoms with van der Waals surface area (Å²) in [4.78, 5) is 1.96. The van der Waals surface area contributed by atoms with E-state index in [-0.39, 0.29) is 6.61 Å². The summed E-state index contributed by atoms with van der Waals surface area (Å²) in [7, 11) is -4.03. The lowest BCUT2D eigenvalue weighted by atomic mass is 10.3. The van der Waals surface area contributed by atoms with Gasteiger partial charge in [-0.1, -0.05) is 0 Å². The van der Waals surface area contributed by atoms with E-state index in [0.29, 0.717) is 11.5 Å². The minimum absolute atomic E-state index is 0.143. The van der Waals surface area contributed by atoms with Gasteiger partial charge >= 0.3 is 0 Å². The molecule has 0 spiro atoms. The highest BCUT2D eigenvalue weighted by Gasteiger charge is 2.29. The number of fused-ring (bicyclic) bond motifs is 1. The standard InChI is InChI=1S/C9H12O5S2/c1-5-8-9(6(2)15-5)14-7(3-13-8)4-16(10,11)12/h7H,3-4H2,1-2H3,(H,10,11,12). The van der Waals surface area contributed by atoms with Gasteiger partial charge in [0.25, 0.3) is 10.1 Å². The molecule has 0 saturated heterocycles. The molecule has 5 nitrogen and oxygen atoms in total. The Balaban J connectivity index is 2.21. The van der Waals surface area contributed by atoms with Gasteiger partial charge in [-0.15, -0.1) is 11.3 Å². The molecule has 2 rings (SSSR count). The fraction of sp³-hybridized carbons (Fsp3) is 0.556. The van der Waals surface area contributed by atoms with Crippen LogP contribution in [0.2, 0.25) is 0 Å². The van der Waals surface area contributed by atoms with E-state index in [1.807, 2.05) is 13.8 Å². The van der Waals surface area contributed by atoms with Crippen LogP contribution in [0.5, 0.6) is 11.5 Å². The maximum Gasteiger partial charge on any atom is 0.268 e. The number of rotatable bonds is 2. The molecule has 1 atom stereocenters. The normalized spacial score (nSPS) is 19.8. The molecule has 1 aliphatic rings. The molecule has 1 N–H and O–H groups in total. The zero-order valence-electron chi connectivity index (χ0n) is 8.89. The summed E-state index contributed by atoms with van der Waals surface area (Å²) in [6.07, 6.45) is -0.643. The molecule has 7 heteroatoms.